The molecule has 1 saturated heterocycles. The average Bonchev–Trinajstić information content (AvgIpc) is 3.43. The lowest BCUT2D eigenvalue weighted by molar-refractivity contribution is -0.113. The van der Waals surface area contributed by atoms with Crippen molar-refractivity contribution in [1.29, 1.82) is 0 Å². The Balaban J connectivity index is 1.26. The van der Waals surface area contributed by atoms with Crippen molar-refractivity contribution in [2.75, 3.05) is 18.4 Å². The molecule has 6 rings (SSSR count). The van der Waals surface area contributed by atoms with Gasteiger partial charge in [-0.25, -0.2) is 18.7 Å². The summed E-state index contributed by atoms with van der Waals surface area (Å²) in [5, 5.41) is 12.0. The Bertz CT molecular complexity index is 1520. The van der Waals surface area contributed by atoms with Gasteiger partial charge < -0.3 is 15.2 Å². The topological polar surface area (TPSA) is 103 Å². The first-order valence-electron chi connectivity index (χ1n) is 10.3. The molecular formula is C23H17F2N7O. The molecule has 3 aromatic heterocycles. The summed E-state index contributed by atoms with van der Waals surface area (Å²) in [5.41, 5.74) is 3.56. The van der Waals surface area contributed by atoms with E-state index in [0.717, 1.165) is 32.4 Å². The molecule has 164 valence electrons. The fourth-order valence-electron chi connectivity index (χ4n) is 3.94. The van der Waals surface area contributed by atoms with Crippen LogP contribution in [-0.4, -0.2) is 55.0 Å². The van der Waals surface area contributed by atoms with Gasteiger partial charge in [-0.3, -0.25) is 9.89 Å². The predicted molar refractivity (Wildman–Crippen MR) is 120 cm³/mol. The van der Waals surface area contributed by atoms with Gasteiger partial charge in [0.05, 0.1) is 24.8 Å². The molecule has 2 aromatic carbocycles. The summed E-state index contributed by atoms with van der Waals surface area (Å²) in [6.07, 6.45) is 3.42. The van der Waals surface area contributed by atoms with Gasteiger partial charge in [-0.2, -0.15) is 5.10 Å². The first-order chi connectivity index (χ1) is 15.9. The van der Waals surface area contributed by atoms with Crippen LogP contribution in [0.2, 0.25) is 0 Å². The fourth-order valence-corrected chi connectivity index (χ4v) is 3.94. The molecular weight excluding hydrogens is 428 g/mol. The van der Waals surface area contributed by atoms with Crippen molar-refractivity contribution < 1.29 is 13.6 Å². The molecule has 0 atom stereocenters. The zero-order chi connectivity index (χ0) is 22.6. The zero-order valence-corrected chi connectivity index (χ0v) is 17.1. The Morgan fingerprint density at radius 3 is 2.76 bits per heavy atom. The van der Waals surface area contributed by atoms with Crippen molar-refractivity contribution in [3.63, 3.8) is 0 Å². The van der Waals surface area contributed by atoms with Crippen LogP contribution in [0.5, 0.6) is 0 Å². The van der Waals surface area contributed by atoms with Crippen molar-refractivity contribution in [2.24, 2.45) is 0 Å². The van der Waals surface area contributed by atoms with Gasteiger partial charge >= 0.3 is 0 Å². The molecule has 4 heterocycles. The van der Waals surface area contributed by atoms with Crippen molar-refractivity contribution >= 4 is 39.2 Å². The number of aromatic nitrogens is 5. The van der Waals surface area contributed by atoms with Gasteiger partial charge in [0, 0.05) is 33.7 Å². The molecule has 10 heteroatoms. The van der Waals surface area contributed by atoms with E-state index in [2.05, 4.69) is 30.5 Å². The van der Waals surface area contributed by atoms with Crippen LogP contribution < -0.4 is 5.32 Å². The standard InChI is InChI=1S/C23H17F2N7O/c24-23(25)11-32(12-23)22(33)19-8-13-1-2-14(9-18(13)29-19)21-26-6-5-20(30-21)28-16-3-4-17-15(7-16)10-27-31-17/h1-10,29H,11-12H2,(H,27,31)(H,26,28,30). The van der Waals surface area contributed by atoms with Gasteiger partial charge in [0.1, 0.15) is 11.5 Å². The second kappa shape index (κ2) is 7.09. The van der Waals surface area contributed by atoms with Gasteiger partial charge in [-0.15, -0.1) is 0 Å². The monoisotopic (exact) mass is 445 g/mol. The minimum atomic E-state index is -2.80. The number of anilines is 2. The number of hydrogen-bond acceptors (Lipinski definition) is 5. The summed E-state index contributed by atoms with van der Waals surface area (Å²) in [5.74, 6) is -2.09. The molecule has 0 spiro atoms. The number of aromatic amines is 2. The quantitative estimate of drug-likeness (QED) is 0.382. The summed E-state index contributed by atoms with van der Waals surface area (Å²) in [6.45, 7) is -1.10. The summed E-state index contributed by atoms with van der Waals surface area (Å²) in [4.78, 5) is 25.6. The van der Waals surface area contributed by atoms with E-state index in [9.17, 15) is 13.6 Å². The fraction of sp³-hybridized carbons (Fsp3) is 0.130. The molecule has 1 aliphatic heterocycles. The van der Waals surface area contributed by atoms with Crippen LogP contribution in [0.15, 0.2) is 60.9 Å². The highest BCUT2D eigenvalue weighted by atomic mass is 19.3. The Hall–Kier alpha value is -4.34. The van der Waals surface area contributed by atoms with Crippen molar-refractivity contribution in [2.45, 2.75) is 5.92 Å². The number of fused-ring (bicyclic) bond motifs is 2. The highest BCUT2D eigenvalue weighted by Crippen LogP contribution is 2.29. The average molecular weight is 445 g/mol. The van der Waals surface area contributed by atoms with Gasteiger partial charge in [0.25, 0.3) is 11.8 Å². The number of hydrogen-bond donors (Lipinski definition) is 3. The highest BCUT2D eigenvalue weighted by Gasteiger charge is 2.46. The Kier molecular flexibility index (Phi) is 4.16. The second-order valence-electron chi connectivity index (χ2n) is 8.06. The van der Waals surface area contributed by atoms with Crippen molar-refractivity contribution in [3.8, 4) is 11.4 Å². The number of nitrogens with zero attached hydrogens (tertiary/aromatic N) is 4. The molecule has 0 radical (unpaired) electrons. The molecule has 0 bridgehead atoms. The van der Waals surface area contributed by atoms with E-state index in [1.165, 1.54) is 0 Å². The first-order valence-corrected chi connectivity index (χ1v) is 10.3. The normalized spacial score (nSPS) is 15.0. The van der Waals surface area contributed by atoms with Crippen molar-refractivity contribution in [3.05, 3.63) is 66.6 Å². The van der Waals surface area contributed by atoms with E-state index >= 15 is 0 Å². The van der Waals surface area contributed by atoms with Crippen molar-refractivity contribution in [1.82, 2.24) is 30.0 Å². The summed E-state index contributed by atoms with van der Waals surface area (Å²) >= 11 is 0. The van der Waals surface area contributed by atoms with Crippen LogP contribution in [0.25, 0.3) is 33.2 Å². The van der Waals surface area contributed by atoms with E-state index in [1.807, 2.05) is 36.4 Å². The van der Waals surface area contributed by atoms with Crippen LogP contribution in [0.4, 0.5) is 20.3 Å². The van der Waals surface area contributed by atoms with Crippen LogP contribution in [0.1, 0.15) is 10.5 Å². The first kappa shape index (κ1) is 19.4. The number of H-pyrrole nitrogens is 2. The van der Waals surface area contributed by atoms with Gasteiger partial charge in [-0.1, -0.05) is 12.1 Å². The maximum atomic E-state index is 13.1. The zero-order valence-electron chi connectivity index (χ0n) is 17.1. The lowest BCUT2D eigenvalue weighted by atomic mass is 10.1. The maximum absolute atomic E-state index is 13.1. The Morgan fingerprint density at radius 2 is 1.91 bits per heavy atom. The van der Waals surface area contributed by atoms with Gasteiger partial charge in [0.2, 0.25) is 0 Å². The third-order valence-electron chi connectivity index (χ3n) is 5.61. The van der Waals surface area contributed by atoms with Crippen LogP contribution in [0, 0.1) is 0 Å². The molecule has 0 unspecified atom stereocenters. The minimum absolute atomic E-state index is 0.281. The second-order valence-corrected chi connectivity index (χ2v) is 8.06. The van der Waals surface area contributed by atoms with E-state index in [0.29, 0.717) is 17.2 Å². The third kappa shape index (κ3) is 3.55. The smallest absolute Gasteiger partial charge is 0.282 e. The molecule has 1 aliphatic rings. The molecule has 1 fully saturated rings. The summed E-state index contributed by atoms with van der Waals surface area (Å²) < 4.78 is 26.2. The maximum Gasteiger partial charge on any atom is 0.282 e. The molecule has 0 saturated carbocycles. The Morgan fingerprint density at radius 1 is 1.03 bits per heavy atom. The van der Waals surface area contributed by atoms with E-state index in [-0.39, 0.29) is 5.69 Å². The Labute approximate surface area is 185 Å². The number of alkyl halides is 2. The number of carbonyl (C=O) groups is 1. The molecule has 5 aromatic rings. The summed E-state index contributed by atoms with van der Waals surface area (Å²) in [7, 11) is 0. The van der Waals surface area contributed by atoms with Gasteiger partial charge in [0.15, 0.2) is 5.82 Å². The SMILES string of the molecule is O=C(c1cc2ccc(-c3nccc(Nc4ccc5[nH]ncc5c4)n3)cc2[nH]1)N1CC(F)(F)C1. The molecule has 0 aliphatic carbocycles. The van der Waals surface area contributed by atoms with Crippen LogP contribution in [-0.2, 0) is 0 Å². The van der Waals surface area contributed by atoms with E-state index in [4.69, 9.17) is 0 Å². The van der Waals surface area contributed by atoms with Gasteiger partial charge in [-0.05, 0) is 36.4 Å². The number of benzene rings is 2. The molecule has 33 heavy (non-hydrogen) atoms. The predicted octanol–water partition coefficient (Wildman–Crippen LogP) is 4.34. The third-order valence-corrected chi connectivity index (χ3v) is 5.61. The number of likely N-dealkylation sites (tertiary alicyclic amines) is 1. The largest absolute Gasteiger partial charge is 0.351 e. The number of carbonyl (C=O) groups excluding carboxylic acids is 1. The lowest BCUT2D eigenvalue weighted by Gasteiger charge is -2.38. The van der Waals surface area contributed by atoms with E-state index < -0.39 is 24.9 Å². The number of nitrogens with one attached hydrogen (secondary N) is 3. The van der Waals surface area contributed by atoms with Crippen LogP contribution in [0.3, 0.4) is 0 Å². The molecule has 8 nitrogen and oxygen atoms in total. The number of amides is 1. The lowest BCUT2D eigenvalue weighted by Crippen LogP contribution is -2.58. The summed E-state index contributed by atoms with van der Waals surface area (Å²) in [6, 6.07) is 14.8. The highest BCUT2D eigenvalue weighted by molar-refractivity contribution is 5.99. The van der Waals surface area contributed by atoms with Crippen LogP contribution >= 0.6 is 0 Å². The molecule has 1 amide bonds. The number of rotatable bonds is 4. The minimum Gasteiger partial charge on any atom is -0.351 e. The molecule has 3 N–H and O–H groups in total. The van der Waals surface area contributed by atoms with E-state index in [1.54, 1.807) is 24.5 Å². The number of halogens is 2.